The molecule has 1 aromatic carbocycles. The summed E-state index contributed by atoms with van der Waals surface area (Å²) in [5, 5.41) is 9.36. The maximum atomic E-state index is 13.4. The van der Waals surface area contributed by atoms with Gasteiger partial charge in [0.05, 0.1) is 24.4 Å². The summed E-state index contributed by atoms with van der Waals surface area (Å²) in [6.07, 6.45) is 0.193. The van der Waals surface area contributed by atoms with Crippen molar-refractivity contribution in [3.05, 3.63) is 24.3 Å². The smallest absolute Gasteiger partial charge is 0.320 e. The van der Waals surface area contributed by atoms with Crippen molar-refractivity contribution in [1.82, 2.24) is 15.3 Å². The first-order valence-electron chi connectivity index (χ1n) is 10.7. The standard InChI is InChI=1S/C22H29N3O7S/c1-2-3-14-32-18-6-4-5-7-19(18)33(29,30)17-22(20(26)23-28)8-10-24(11-9-22)21(27)25-12-15-31-16-13-25/h4-7,28H,8-17H2,1H3,(H,23,26). The molecule has 1 aromatic rings. The fraction of sp³-hybridized carbons (Fsp3) is 0.545. The van der Waals surface area contributed by atoms with Crippen molar-refractivity contribution in [2.45, 2.75) is 24.7 Å². The Bertz CT molecular complexity index is 1020. The van der Waals surface area contributed by atoms with Gasteiger partial charge >= 0.3 is 6.03 Å². The molecule has 0 radical (unpaired) electrons. The van der Waals surface area contributed by atoms with Gasteiger partial charge in [-0.3, -0.25) is 10.0 Å². The van der Waals surface area contributed by atoms with Crippen molar-refractivity contribution in [3.8, 4) is 17.6 Å². The number of carbonyl (C=O) groups is 2. The van der Waals surface area contributed by atoms with Crippen molar-refractivity contribution in [2.24, 2.45) is 5.41 Å². The number of urea groups is 1. The number of hydrogen-bond donors (Lipinski definition) is 2. The van der Waals surface area contributed by atoms with Gasteiger partial charge in [-0.15, -0.1) is 5.92 Å². The highest BCUT2D eigenvalue weighted by Gasteiger charge is 2.46. The van der Waals surface area contributed by atoms with Gasteiger partial charge in [0.15, 0.2) is 9.84 Å². The summed E-state index contributed by atoms with van der Waals surface area (Å²) in [6.45, 7) is 4.01. The van der Waals surface area contributed by atoms with Crippen LogP contribution in [-0.2, 0) is 19.4 Å². The second-order valence-corrected chi connectivity index (χ2v) is 9.97. The van der Waals surface area contributed by atoms with Crippen molar-refractivity contribution >= 4 is 21.8 Å². The van der Waals surface area contributed by atoms with Crippen LogP contribution >= 0.6 is 0 Å². The van der Waals surface area contributed by atoms with Crippen LogP contribution in [0.1, 0.15) is 19.8 Å². The van der Waals surface area contributed by atoms with E-state index in [2.05, 4.69) is 11.8 Å². The van der Waals surface area contributed by atoms with Gasteiger partial charge in [-0.05, 0) is 31.9 Å². The van der Waals surface area contributed by atoms with E-state index in [4.69, 9.17) is 9.47 Å². The molecule has 2 heterocycles. The van der Waals surface area contributed by atoms with Crippen LogP contribution in [-0.4, -0.2) is 87.1 Å². The number of hydrogen-bond acceptors (Lipinski definition) is 7. The van der Waals surface area contributed by atoms with Gasteiger partial charge in [0.1, 0.15) is 17.3 Å². The Balaban J connectivity index is 1.78. The number of hydroxylamine groups is 1. The predicted octanol–water partition coefficient (Wildman–Crippen LogP) is 0.902. The zero-order valence-corrected chi connectivity index (χ0v) is 19.4. The fourth-order valence-corrected chi connectivity index (χ4v) is 6.11. The zero-order chi connectivity index (χ0) is 23.9. The molecule has 2 aliphatic rings. The van der Waals surface area contributed by atoms with E-state index in [0.29, 0.717) is 26.3 Å². The molecule has 0 unspecified atom stereocenters. The molecule has 0 spiro atoms. The highest BCUT2D eigenvalue weighted by molar-refractivity contribution is 7.91. The molecule has 2 N–H and O–H groups in total. The minimum absolute atomic E-state index is 0.0317. The second kappa shape index (κ2) is 10.9. The summed E-state index contributed by atoms with van der Waals surface area (Å²) in [4.78, 5) is 28.7. The molecule has 0 atom stereocenters. The maximum absolute atomic E-state index is 13.4. The summed E-state index contributed by atoms with van der Waals surface area (Å²) < 4.78 is 37.5. The number of amides is 3. The van der Waals surface area contributed by atoms with Gasteiger partial charge in [0.25, 0.3) is 5.91 Å². The van der Waals surface area contributed by atoms with Crippen molar-refractivity contribution < 1.29 is 32.7 Å². The molecule has 0 bridgehead atoms. The van der Waals surface area contributed by atoms with E-state index >= 15 is 0 Å². The molecule has 33 heavy (non-hydrogen) atoms. The minimum atomic E-state index is -3.97. The van der Waals surface area contributed by atoms with Crippen molar-refractivity contribution in [1.29, 1.82) is 0 Å². The molecule has 2 aliphatic heterocycles. The summed E-state index contributed by atoms with van der Waals surface area (Å²) >= 11 is 0. The third kappa shape index (κ3) is 5.76. The molecule has 2 fully saturated rings. The van der Waals surface area contributed by atoms with Crippen LogP contribution in [0.2, 0.25) is 0 Å². The SMILES string of the molecule is CC#CCOc1ccccc1S(=O)(=O)CC1(C(=O)NO)CCN(C(=O)N2CCOCC2)CC1. The van der Waals surface area contributed by atoms with Crippen LogP contribution in [0.15, 0.2) is 29.2 Å². The van der Waals surface area contributed by atoms with Crippen LogP contribution in [0.3, 0.4) is 0 Å². The number of ether oxygens (including phenoxy) is 2. The monoisotopic (exact) mass is 479 g/mol. The van der Waals surface area contributed by atoms with Crippen LogP contribution in [0.25, 0.3) is 0 Å². The lowest BCUT2D eigenvalue weighted by Crippen LogP contribution is -2.56. The Morgan fingerprint density at radius 3 is 2.42 bits per heavy atom. The van der Waals surface area contributed by atoms with Gasteiger partial charge in [-0.25, -0.2) is 18.7 Å². The van der Waals surface area contributed by atoms with Crippen molar-refractivity contribution in [2.75, 3.05) is 51.8 Å². The zero-order valence-electron chi connectivity index (χ0n) is 18.6. The third-order valence-corrected chi connectivity index (χ3v) is 7.92. The lowest BCUT2D eigenvalue weighted by atomic mass is 9.79. The number of likely N-dealkylation sites (tertiary alicyclic amines) is 1. The molecule has 0 aromatic heterocycles. The first-order chi connectivity index (χ1) is 15.8. The molecule has 2 saturated heterocycles. The molecule has 3 amide bonds. The topological polar surface area (TPSA) is 125 Å². The Morgan fingerprint density at radius 1 is 1.15 bits per heavy atom. The second-order valence-electron chi connectivity index (χ2n) is 8.01. The van der Waals surface area contributed by atoms with Crippen LogP contribution in [0.4, 0.5) is 4.79 Å². The van der Waals surface area contributed by atoms with E-state index < -0.39 is 26.9 Å². The summed E-state index contributed by atoms with van der Waals surface area (Å²) in [5.74, 6) is 4.25. The molecule has 11 heteroatoms. The van der Waals surface area contributed by atoms with Gasteiger partial charge in [0.2, 0.25) is 0 Å². The number of carbonyl (C=O) groups excluding carboxylic acids is 2. The van der Waals surface area contributed by atoms with Crippen LogP contribution in [0.5, 0.6) is 5.75 Å². The minimum Gasteiger partial charge on any atom is -0.480 e. The number of rotatable bonds is 6. The van der Waals surface area contributed by atoms with Crippen LogP contribution in [0, 0.1) is 17.3 Å². The normalized spacial score (nSPS) is 18.1. The Labute approximate surface area is 193 Å². The predicted molar refractivity (Wildman–Crippen MR) is 118 cm³/mol. The molecular formula is C22H29N3O7S. The number of morpholine rings is 1. The van der Waals surface area contributed by atoms with E-state index in [9.17, 15) is 23.2 Å². The summed E-state index contributed by atoms with van der Waals surface area (Å²) in [7, 11) is -3.97. The average Bonchev–Trinajstić information content (AvgIpc) is 2.84. The highest BCUT2D eigenvalue weighted by atomic mass is 32.2. The van der Waals surface area contributed by atoms with Gasteiger partial charge in [0, 0.05) is 26.2 Å². The molecule has 180 valence electrons. The number of sulfone groups is 1. The molecule has 0 aliphatic carbocycles. The molecule has 0 saturated carbocycles. The quantitative estimate of drug-likeness (QED) is 0.353. The highest BCUT2D eigenvalue weighted by Crippen LogP contribution is 2.37. The number of piperidine rings is 1. The molecule has 10 nitrogen and oxygen atoms in total. The van der Waals surface area contributed by atoms with Gasteiger partial charge < -0.3 is 19.3 Å². The Kier molecular flexibility index (Phi) is 8.18. The fourth-order valence-electron chi connectivity index (χ4n) is 4.09. The van der Waals surface area contributed by atoms with E-state index in [1.54, 1.807) is 34.3 Å². The molecular weight excluding hydrogens is 450 g/mol. The first kappa shape index (κ1) is 24.8. The van der Waals surface area contributed by atoms with Crippen molar-refractivity contribution in [3.63, 3.8) is 0 Å². The van der Waals surface area contributed by atoms with Gasteiger partial charge in [-0.1, -0.05) is 18.1 Å². The lowest BCUT2D eigenvalue weighted by Gasteiger charge is -2.41. The number of benzene rings is 1. The van der Waals surface area contributed by atoms with E-state index in [1.807, 2.05) is 0 Å². The Hall–Kier alpha value is -2.81. The number of nitrogens with one attached hydrogen (secondary N) is 1. The van der Waals surface area contributed by atoms with Gasteiger partial charge in [-0.2, -0.15) is 0 Å². The largest absolute Gasteiger partial charge is 0.480 e. The average molecular weight is 480 g/mol. The number of para-hydroxylation sites is 1. The lowest BCUT2D eigenvalue weighted by molar-refractivity contribution is -0.141. The first-order valence-corrected chi connectivity index (χ1v) is 12.4. The van der Waals surface area contributed by atoms with E-state index in [1.165, 1.54) is 12.1 Å². The Morgan fingerprint density at radius 2 is 1.79 bits per heavy atom. The van der Waals surface area contributed by atoms with E-state index in [0.717, 1.165) is 0 Å². The summed E-state index contributed by atoms with van der Waals surface area (Å²) in [5.41, 5.74) is 0.247. The molecule has 3 rings (SSSR count). The van der Waals surface area contributed by atoms with E-state index in [-0.39, 0.29) is 49.2 Å². The van der Waals surface area contributed by atoms with Crippen LogP contribution < -0.4 is 10.2 Å². The third-order valence-electron chi connectivity index (χ3n) is 5.98. The maximum Gasteiger partial charge on any atom is 0.320 e. The number of nitrogens with zero attached hydrogens (tertiary/aromatic N) is 2. The summed E-state index contributed by atoms with van der Waals surface area (Å²) in [6, 6.07) is 6.03.